The highest BCUT2D eigenvalue weighted by Crippen LogP contribution is 2.24. The van der Waals surface area contributed by atoms with Crippen molar-refractivity contribution < 1.29 is 5.11 Å². The standard InChI is InChI=1S/C8H17O/c1-4-8(2,3)6-5-7-9/h4,9H,5-7H2,1-3H3. The van der Waals surface area contributed by atoms with E-state index in [1.807, 2.05) is 0 Å². The maximum atomic E-state index is 8.51. The highest BCUT2D eigenvalue weighted by Gasteiger charge is 2.13. The van der Waals surface area contributed by atoms with Crippen molar-refractivity contribution in [2.75, 3.05) is 6.61 Å². The van der Waals surface area contributed by atoms with Gasteiger partial charge in [0.05, 0.1) is 0 Å². The smallest absolute Gasteiger partial charge is 0.0431 e. The molecule has 1 heteroatoms. The third kappa shape index (κ3) is 4.46. The molecule has 1 nitrogen and oxygen atoms in total. The van der Waals surface area contributed by atoms with Crippen LogP contribution in [-0.2, 0) is 0 Å². The van der Waals surface area contributed by atoms with Crippen LogP contribution in [0.2, 0.25) is 0 Å². The van der Waals surface area contributed by atoms with Gasteiger partial charge in [0.2, 0.25) is 0 Å². The van der Waals surface area contributed by atoms with Gasteiger partial charge in [0.15, 0.2) is 0 Å². The number of aliphatic hydroxyl groups excluding tert-OH is 1. The minimum Gasteiger partial charge on any atom is -0.396 e. The summed E-state index contributed by atoms with van der Waals surface area (Å²) in [6, 6.07) is 0. The molecule has 0 saturated carbocycles. The van der Waals surface area contributed by atoms with Crippen molar-refractivity contribution >= 4 is 0 Å². The molecule has 55 valence electrons. The number of hydrogen-bond acceptors (Lipinski definition) is 1. The van der Waals surface area contributed by atoms with Crippen molar-refractivity contribution in [1.82, 2.24) is 0 Å². The molecular weight excluding hydrogens is 112 g/mol. The number of aliphatic hydroxyl groups is 1. The summed E-state index contributed by atoms with van der Waals surface area (Å²) in [4.78, 5) is 0. The quantitative estimate of drug-likeness (QED) is 0.615. The molecule has 0 spiro atoms. The summed E-state index contributed by atoms with van der Waals surface area (Å²) >= 11 is 0. The monoisotopic (exact) mass is 129 g/mol. The van der Waals surface area contributed by atoms with Crippen LogP contribution in [0.4, 0.5) is 0 Å². The molecule has 0 aliphatic heterocycles. The van der Waals surface area contributed by atoms with E-state index in [-0.39, 0.29) is 0 Å². The van der Waals surface area contributed by atoms with Crippen LogP contribution >= 0.6 is 0 Å². The predicted molar refractivity (Wildman–Crippen MR) is 40.1 cm³/mol. The molecule has 0 aromatic carbocycles. The molecule has 1 radical (unpaired) electrons. The van der Waals surface area contributed by atoms with Gasteiger partial charge < -0.3 is 5.11 Å². The molecule has 0 aromatic heterocycles. The van der Waals surface area contributed by atoms with Crippen molar-refractivity contribution in [2.45, 2.75) is 33.6 Å². The molecule has 0 aliphatic carbocycles. The first-order chi connectivity index (χ1) is 4.12. The van der Waals surface area contributed by atoms with Crippen LogP contribution in [-0.4, -0.2) is 11.7 Å². The zero-order valence-electron chi connectivity index (χ0n) is 6.65. The second-order valence-electron chi connectivity index (χ2n) is 3.10. The molecule has 0 aromatic rings. The molecule has 0 rings (SSSR count). The van der Waals surface area contributed by atoms with Gasteiger partial charge in [-0.1, -0.05) is 20.8 Å². The Balaban J connectivity index is 3.33. The van der Waals surface area contributed by atoms with Crippen molar-refractivity contribution in [1.29, 1.82) is 0 Å². The lowest BCUT2D eigenvalue weighted by Crippen LogP contribution is -2.10. The maximum Gasteiger partial charge on any atom is 0.0431 e. The van der Waals surface area contributed by atoms with E-state index in [2.05, 4.69) is 27.2 Å². The van der Waals surface area contributed by atoms with E-state index in [1.54, 1.807) is 0 Å². The lowest BCUT2D eigenvalue weighted by atomic mass is 9.85. The largest absolute Gasteiger partial charge is 0.396 e. The van der Waals surface area contributed by atoms with E-state index >= 15 is 0 Å². The summed E-state index contributed by atoms with van der Waals surface area (Å²) in [7, 11) is 0. The summed E-state index contributed by atoms with van der Waals surface area (Å²) in [6.07, 6.45) is 4.18. The third-order valence-electron chi connectivity index (χ3n) is 1.76. The van der Waals surface area contributed by atoms with E-state index in [4.69, 9.17) is 5.11 Å². The SMILES string of the molecule is C[CH]C(C)(C)CCCO. The van der Waals surface area contributed by atoms with Gasteiger partial charge >= 0.3 is 0 Å². The average molecular weight is 129 g/mol. The van der Waals surface area contributed by atoms with Gasteiger partial charge in [0, 0.05) is 6.61 Å². The molecule has 0 amide bonds. The highest BCUT2D eigenvalue weighted by molar-refractivity contribution is 4.79. The maximum absolute atomic E-state index is 8.51. The first-order valence-electron chi connectivity index (χ1n) is 3.54. The molecule has 0 fully saturated rings. The van der Waals surface area contributed by atoms with E-state index in [0.29, 0.717) is 12.0 Å². The van der Waals surface area contributed by atoms with Gasteiger partial charge in [-0.2, -0.15) is 0 Å². The summed E-state index contributed by atoms with van der Waals surface area (Å²) in [5, 5.41) is 8.51. The zero-order chi connectivity index (χ0) is 7.33. The predicted octanol–water partition coefficient (Wildman–Crippen LogP) is 2.01. The fourth-order valence-corrected chi connectivity index (χ4v) is 0.679. The van der Waals surface area contributed by atoms with Crippen LogP contribution in [0, 0.1) is 11.8 Å². The van der Waals surface area contributed by atoms with Gasteiger partial charge in [-0.25, -0.2) is 0 Å². The number of rotatable bonds is 4. The minimum absolute atomic E-state index is 0.308. The Labute approximate surface area is 58.1 Å². The minimum atomic E-state index is 0.308. The Morgan fingerprint density at radius 2 is 2.00 bits per heavy atom. The molecule has 9 heavy (non-hydrogen) atoms. The van der Waals surface area contributed by atoms with Crippen molar-refractivity contribution in [3.63, 3.8) is 0 Å². The van der Waals surface area contributed by atoms with E-state index < -0.39 is 0 Å². The van der Waals surface area contributed by atoms with Crippen LogP contribution in [0.3, 0.4) is 0 Å². The topological polar surface area (TPSA) is 20.2 Å². The summed E-state index contributed by atoms with van der Waals surface area (Å²) in [6.45, 7) is 6.75. The summed E-state index contributed by atoms with van der Waals surface area (Å²) in [5.74, 6) is 0. The number of hydrogen-bond donors (Lipinski definition) is 1. The van der Waals surface area contributed by atoms with Gasteiger partial charge in [-0.3, -0.25) is 0 Å². The van der Waals surface area contributed by atoms with Gasteiger partial charge in [-0.05, 0) is 24.7 Å². The van der Waals surface area contributed by atoms with E-state index in [0.717, 1.165) is 12.8 Å². The van der Waals surface area contributed by atoms with Gasteiger partial charge in [-0.15, -0.1) is 0 Å². The van der Waals surface area contributed by atoms with Gasteiger partial charge in [0.25, 0.3) is 0 Å². The first kappa shape index (κ1) is 8.96. The van der Waals surface area contributed by atoms with Crippen LogP contribution in [0.5, 0.6) is 0 Å². The molecule has 0 saturated heterocycles. The molecule has 0 bridgehead atoms. The van der Waals surface area contributed by atoms with Crippen molar-refractivity contribution in [3.8, 4) is 0 Å². The summed E-state index contributed by atoms with van der Waals surface area (Å²) < 4.78 is 0. The summed E-state index contributed by atoms with van der Waals surface area (Å²) in [5.41, 5.74) is 0.308. The Kier molecular flexibility index (Phi) is 3.87. The lowest BCUT2D eigenvalue weighted by Gasteiger charge is -2.20. The van der Waals surface area contributed by atoms with Crippen molar-refractivity contribution in [3.05, 3.63) is 6.42 Å². The highest BCUT2D eigenvalue weighted by atomic mass is 16.2. The molecule has 0 heterocycles. The molecule has 0 atom stereocenters. The zero-order valence-corrected chi connectivity index (χ0v) is 6.65. The third-order valence-corrected chi connectivity index (χ3v) is 1.76. The molecular formula is C8H17O. The molecule has 0 unspecified atom stereocenters. The van der Waals surface area contributed by atoms with E-state index in [9.17, 15) is 0 Å². The van der Waals surface area contributed by atoms with Crippen molar-refractivity contribution in [2.24, 2.45) is 5.41 Å². The Morgan fingerprint density at radius 3 is 2.33 bits per heavy atom. The molecule has 0 aliphatic rings. The fraction of sp³-hybridized carbons (Fsp3) is 0.875. The normalized spacial score (nSPS) is 12.0. The average Bonchev–Trinajstić information content (AvgIpc) is 1.84. The van der Waals surface area contributed by atoms with Crippen LogP contribution in [0.25, 0.3) is 0 Å². The van der Waals surface area contributed by atoms with Crippen LogP contribution in [0.1, 0.15) is 33.6 Å². The second kappa shape index (κ2) is 3.89. The second-order valence-corrected chi connectivity index (χ2v) is 3.10. The Hall–Kier alpha value is -0.0400. The first-order valence-corrected chi connectivity index (χ1v) is 3.54. The fourth-order valence-electron chi connectivity index (χ4n) is 0.679. The molecule has 1 N–H and O–H groups in total. The Bertz CT molecular complexity index is 67.0. The van der Waals surface area contributed by atoms with Gasteiger partial charge in [0.1, 0.15) is 0 Å². The van der Waals surface area contributed by atoms with E-state index in [1.165, 1.54) is 0 Å². The lowest BCUT2D eigenvalue weighted by molar-refractivity contribution is 0.257. The Morgan fingerprint density at radius 1 is 1.44 bits per heavy atom. The van der Waals surface area contributed by atoms with Crippen LogP contribution in [0.15, 0.2) is 0 Å². The van der Waals surface area contributed by atoms with Crippen LogP contribution < -0.4 is 0 Å².